The molecule has 0 unspecified atom stereocenters. The molecule has 0 bridgehead atoms. The van der Waals surface area contributed by atoms with Crippen LogP contribution >= 0.6 is 23.2 Å². The number of methoxy groups -OCH3 is 1. The van der Waals surface area contributed by atoms with Crippen LogP contribution in [0.4, 0.5) is 0 Å². The lowest BCUT2D eigenvalue weighted by molar-refractivity contribution is -0.136. The monoisotopic (exact) mass is 395 g/mol. The number of esters is 1. The Bertz CT molecular complexity index is 870. The van der Waals surface area contributed by atoms with Gasteiger partial charge in [0.2, 0.25) is 5.88 Å². The number of halogens is 2. The number of carbonyl (C=O) groups excluding carboxylic acids is 2. The standard InChI is InChI=1S/C19H19Cl2NO4/c1-19(2)7-6-12(23)14-13(10-5-4-9(20)8-11(10)21)15(18(24)25-3)17(22)26-16(14)19/h4-5,8,13H,6-7,22H2,1-3H3/t13-/m1/s1. The smallest absolute Gasteiger partial charge is 0.340 e. The first-order valence-corrected chi connectivity index (χ1v) is 8.91. The first-order valence-electron chi connectivity index (χ1n) is 8.16. The third-order valence-corrected chi connectivity index (χ3v) is 5.43. The molecule has 0 fully saturated rings. The van der Waals surface area contributed by atoms with Crippen LogP contribution in [0.25, 0.3) is 0 Å². The summed E-state index contributed by atoms with van der Waals surface area (Å²) in [6.45, 7) is 3.96. The van der Waals surface area contributed by atoms with E-state index in [1.807, 2.05) is 13.8 Å². The van der Waals surface area contributed by atoms with E-state index in [1.165, 1.54) is 7.11 Å². The van der Waals surface area contributed by atoms with Crippen LogP contribution in [-0.2, 0) is 19.1 Å². The number of hydrogen-bond donors (Lipinski definition) is 1. The highest BCUT2D eigenvalue weighted by Gasteiger charge is 2.47. The molecule has 2 N–H and O–H groups in total. The minimum absolute atomic E-state index is 0.0709. The Kier molecular flexibility index (Phi) is 4.80. The van der Waals surface area contributed by atoms with Crippen molar-refractivity contribution in [2.24, 2.45) is 11.1 Å². The first-order chi connectivity index (χ1) is 12.2. The van der Waals surface area contributed by atoms with Gasteiger partial charge in [-0.2, -0.15) is 0 Å². The van der Waals surface area contributed by atoms with Crippen molar-refractivity contribution in [1.82, 2.24) is 0 Å². The number of benzene rings is 1. The predicted octanol–water partition coefficient (Wildman–Crippen LogP) is 4.09. The molecule has 3 rings (SSSR count). The second kappa shape index (κ2) is 6.63. The minimum Gasteiger partial charge on any atom is -0.465 e. The van der Waals surface area contributed by atoms with Crippen molar-refractivity contribution in [3.8, 4) is 0 Å². The van der Waals surface area contributed by atoms with E-state index in [-0.39, 0.29) is 17.2 Å². The quantitative estimate of drug-likeness (QED) is 0.762. The van der Waals surface area contributed by atoms with Gasteiger partial charge in [-0.1, -0.05) is 43.1 Å². The van der Waals surface area contributed by atoms with Crippen molar-refractivity contribution in [3.05, 3.63) is 56.6 Å². The van der Waals surface area contributed by atoms with Gasteiger partial charge < -0.3 is 15.2 Å². The fourth-order valence-corrected chi connectivity index (χ4v) is 3.99. The zero-order chi connectivity index (χ0) is 19.2. The van der Waals surface area contributed by atoms with Gasteiger partial charge in [0.15, 0.2) is 5.78 Å². The maximum atomic E-state index is 12.8. The Balaban J connectivity index is 2.30. The van der Waals surface area contributed by atoms with Crippen LogP contribution in [0.3, 0.4) is 0 Å². The maximum Gasteiger partial charge on any atom is 0.340 e. The number of hydrogen-bond acceptors (Lipinski definition) is 5. The zero-order valence-electron chi connectivity index (χ0n) is 14.7. The Morgan fingerprint density at radius 3 is 2.65 bits per heavy atom. The van der Waals surface area contributed by atoms with Gasteiger partial charge in [0, 0.05) is 27.5 Å². The van der Waals surface area contributed by atoms with Crippen molar-refractivity contribution in [2.45, 2.75) is 32.6 Å². The molecule has 0 spiro atoms. The summed E-state index contributed by atoms with van der Waals surface area (Å²) < 4.78 is 10.7. The normalized spacial score (nSPS) is 22.0. The van der Waals surface area contributed by atoms with Crippen molar-refractivity contribution in [2.75, 3.05) is 7.11 Å². The fraction of sp³-hybridized carbons (Fsp3) is 0.368. The van der Waals surface area contributed by atoms with Crippen LogP contribution in [0, 0.1) is 5.41 Å². The van der Waals surface area contributed by atoms with Crippen LogP contribution in [0.15, 0.2) is 41.0 Å². The van der Waals surface area contributed by atoms with Gasteiger partial charge in [-0.3, -0.25) is 4.79 Å². The van der Waals surface area contributed by atoms with Gasteiger partial charge in [-0.05, 0) is 24.1 Å². The molecule has 5 nitrogen and oxygen atoms in total. The molecular formula is C19H19Cl2NO4. The van der Waals surface area contributed by atoms with E-state index in [0.29, 0.717) is 39.8 Å². The lowest BCUT2D eigenvalue weighted by Gasteiger charge is -2.39. The number of carbonyl (C=O) groups is 2. The Morgan fingerprint density at radius 1 is 1.35 bits per heavy atom. The highest BCUT2D eigenvalue weighted by atomic mass is 35.5. The number of ketones is 1. The highest BCUT2D eigenvalue weighted by Crippen LogP contribution is 2.51. The predicted molar refractivity (Wildman–Crippen MR) is 98.6 cm³/mol. The van der Waals surface area contributed by atoms with Crippen molar-refractivity contribution in [1.29, 1.82) is 0 Å². The summed E-state index contributed by atoms with van der Waals surface area (Å²) >= 11 is 12.4. The van der Waals surface area contributed by atoms with Crippen molar-refractivity contribution >= 4 is 35.0 Å². The molecule has 0 saturated heterocycles. The molecule has 0 saturated carbocycles. The molecule has 26 heavy (non-hydrogen) atoms. The second-order valence-electron chi connectivity index (χ2n) is 7.02. The minimum atomic E-state index is -0.761. The third kappa shape index (κ3) is 2.99. The average Bonchev–Trinajstić information content (AvgIpc) is 2.57. The van der Waals surface area contributed by atoms with Gasteiger partial charge in [-0.15, -0.1) is 0 Å². The molecule has 0 aromatic heterocycles. The van der Waals surface area contributed by atoms with E-state index in [2.05, 4.69) is 0 Å². The number of allylic oxidation sites excluding steroid dienone is 2. The van der Waals surface area contributed by atoms with Gasteiger partial charge in [0.25, 0.3) is 0 Å². The summed E-state index contributed by atoms with van der Waals surface area (Å²) in [5.74, 6) is -1.11. The second-order valence-corrected chi connectivity index (χ2v) is 7.86. The molecule has 1 heterocycles. The van der Waals surface area contributed by atoms with Gasteiger partial charge in [-0.25, -0.2) is 4.79 Å². The van der Waals surface area contributed by atoms with Crippen LogP contribution in [-0.4, -0.2) is 18.9 Å². The van der Waals surface area contributed by atoms with E-state index >= 15 is 0 Å². The molecule has 1 aromatic rings. The lowest BCUT2D eigenvalue weighted by atomic mass is 9.69. The third-order valence-electron chi connectivity index (χ3n) is 4.87. The van der Waals surface area contributed by atoms with Crippen LogP contribution < -0.4 is 5.73 Å². The molecule has 2 aliphatic rings. The number of ether oxygens (including phenoxy) is 2. The molecule has 1 atom stereocenters. The van der Waals surface area contributed by atoms with Crippen molar-refractivity contribution < 1.29 is 19.1 Å². The number of rotatable bonds is 2. The lowest BCUT2D eigenvalue weighted by Crippen LogP contribution is -2.37. The summed E-state index contributed by atoms with van der Waals surface area (Å²) in [6.07, 6.45) is 0.984. The van der Waals surface area contributed by atoms with E-state index < -0.39 is 17.3 Å². The van der Waals surface area contributed by atoms with Crippen LogP contribution in [0.5, 0.6) is 0 Å². The molecule has 7 heteroatoms. The summed E-state index contributed by atoms with van der Waals surface area (Å²) in [7, 11) is 1.25. The molecule has 0 amide bonds. The Labute approximate surface area is 161 Å². The molecule has 1 aromatic carbocycles. The summed E-state index contributed by atoms with van der Waals surface area (Å²) in [5.41, 5.74) is 6.71. The van der Waals surface area contributed by atoms with Gasteiger partial charge >= 0.3 is 5.97 Å². The van der Waals surface area contributed by atoms with Gasteiger partial charge in [0.1, 0.15) is 11.3 Å². The molecule has 138 valence electrons. The summed E-state index contributed by atoms with van der Waals surface area (Å²) in [5, 5.41) is 0.786. The highest BCUT2D eigenvalue weighted by molar-refractivity contribution is 6.35. The topological polar surface area (TPSA) is 78.6 Å². The largest absolute Gasteiger partial charge is 0.465 e. The molecule has 1 aliphatic heterocycles. The first kappa shape index (κ1) is 18.8. The molecule has 1 aliphatic carbocycles. The van der Waals surface area contributed by atoms with Crippen molar-refractivity contribution in [3.63, 3.8) is 0 Å². The molecule has 0 radical (unpaired) electrons. The molecular weight excluding hydrogens is 377 g/mol. The van der Waals surface area contributed by atoms with E-state index in [4.69, 9.17) is 38.4 Å². The average molecular weight is 396 g/mol. The van der Waals surface area contributed by atoms with E-state index in [1.54, 1.807) is 18.2 Å². The summed E-state index contributed by atoms with van der Waals surface area (Å²) in [4.78, 5) is 25.3. The number of Topliss-reactive ketones (excluding diaryl/α,β-unsaturated/α-hetero) is 1. The van der Waals surface area contributed by atoms with E-state index in [9.17, 15) is 9.59 Å². The maximum absolute atomic E-state index is 12.8. The summed E-state index contributed by atoms with van der Waals surface area (Å²) in [6, 6.07) is 4.91. The Morgan fingerprint density at radius 2 is 2.04 bits per heavy atom. The fourth-order valence-electron chi connectivity index (χ4n) is 3.48. The van der Waals surface area contributed by atoms with Crippen LogP contribution in [0.1, 0.15) is 38.2 Å². The van der Waals surface area contributed by atoms with E-state index in [0.717, 1.165) is 0 Å². The zero-order valence-corrected chi connectivity index (χ0v) is 16.2. The van der Waals surface area contributed by atoms with Gasteiger partial charge in [0.05, 0.1) is 13.0 Å². The number of nitrogens with two attached hydrogens (primary N) is 1. The Hall–Kier alpha value is -1.98. The van der Waals surface area contributed by atoms with Crippen LogP contribution in [0.2, 0.25) is 10.0 Å². The SMILES string of the molecule is COC(=O)C1=C(N)OC2=C(C(=O)CCC2(C)C)[C@H]1c1ccc(Cl)cc1Cl.